The highest BCUT2D eigenvalue weighted by molar-refractivity contribution is 5.95. The number of ether oxygens (including phenoxy) is 3. The first-order valence-corrected chi connectivity index (χ1v) is 8.24. The average Bonchev–Trinajstić information content (AvgIpc) is 2.58. The molecule has 5 heteroatoms. The van der Waals surface area contributed by atoms with Crippen LogP contribution in [-0.4, -0.2) is 26.2 Å². The first-order valence-electron chi connectivity index (χ1n) is 8.24. The summed E-state index contributed by atoms with van der Waals surface area (Å²) in [4.78, 5) is 12.7. The summed E-state index contributed by atoms with van der Waals surface area (Å²) in [5, 5.41) is 2.87. The third kappa shape index (κ3) is 4.89. The summed E-state index contributed by atoms with van der Waals surface area (Å²) in [6.07, 6.45) is -0.0532. The van der Waals surface area contributed by atoms with Crippen LogP contribution in [0.4, 0.5) is 5.69 Å². The van der Waals surface area contributed by atoms with Gasteiger partial charge in [0.2, 0.25) is 0 Å². The maximum Gasteiger partial charge on any atom is 0.265 e. The first-order chi connectivity index (χ1) is 12.0. The van der Waals surface area contributed by atoms with E-state index in [1.165, 1.54) is 0 Å². The van der Waals surface area contributed by atoms with Gasteiger partial charge in [0, 0.05) is 6.07 Å². The number of hydrogen-bond donors (Lipinski definition) is 1. The summed E-state index contributed by atoms with van der Waals surface area (Å²) < 4.78 is 16.4. The van der Waals surface area contributed by atoms with Crippen LogP contribution in [0.5, 0.6) is 17.2 Å². The molecule has 2 aromatic carbocycles. The number of hydrogen-bond acceptors (Lipinski definition) is 4. The van der Waals surface area contributed by atoms with Gasteiger partial charge >= 0.3 is 0 Å². The molecule has 0 aliphatic heterocycles. The Morgan fingerprint density at radius 1 is 1.00 bits per heavy atom. The van der Waals surface area contributed by atoms with Crippen LogP contribution in [-0.2, 0) is 4.79 Å². The number of carbonyl (C=O) groups excluding carboxylic acids is 1. The molecule has 0 aliphatic rings. The molecule has 0 aromatic heterocycles. The largest absolute Gasteiger partial charge is 0.497 e. The molecule has 0 saturated heterocycles. The minimum atomic E-state index is -0.600. The van der Waals surface area contributed by atoms with Gasteiger partial charge in [-0.3, -0.25) is 4.79 Å². The molecule has 0 saturated carbocycles. The van der Waals surface area contributed by atoms with Gasteiger partial charge in [0.15, 0.2) is 6.10 Å². The van der Waals surface area contributed by atoms with E-state index in [1.807, 2.05) is 32.9 Å². The zero-order chi connectivity index (χ0) is 18.4. The number of aryl methyl sites for hydroxylation is 2. The van der Waals surface area contributed by atoms with Crippen LogP contribution < -0.4 is 19.5 Å². The van der Waals surface area contributed by atoms with Gasteiger partial charge in [-0.25, -0.2) is 0 Å². The molecule has 1 atom stereocenters. The lowest BCUT2D eigenvalue weighted by molar-refractivity contribution is -0.122. The van der Waals surface area contributed by atoms with Crippen molar-refractivity contribution < 1.29 is 19.0 Å². The predicted molar refractivity (Wildman–Crippen MR) is 98.8 cm³/mol. The van der Waals surface area contributed by atoms with Crippen molar-refractivity contribution in [2.75, 3.05) is 19.5 Å². The van der Waals surface area contributed by atoms with Crippen LogP contribution in [0.15, 0.2) is 36.4 Å². The molecule has 5 nitrogen and oxygen atoms in total. The van der Waals surface area contributed by atoms with Crippen molar-refractivity contribution in [1.82, 2.24) is 0 Å². The van der Waals surface area contributed by atoms with Crippen molar-refractivity contribution in [3.05, 3.63) is 47.5 Å². The van der Waals surface area contributed by atoms with Crippen LogP contribution >= 0.6 is 0 Å². The van der Waals surface area contributed by atoms with Crippen molar-refractivity contribution in [2.45, 2.75) is 33.3 Å². The van der Waals surface area contributed by atoms with Crippen molar-refractivity contribution in [3.8, 4) is 17.2 Å². The predicted octanol–water partition coefficient (Wildman–Crippen LogP) is 4.12. The van der Waals surface area contributed by atoms with E-state index in [0.29, 0.717) is 29.4 Å². The molecule has 0 aliphatic carbocycles. The lowest BCUT2D eigenvalue weighted by Gasteiger charge is -2.19. The number of anilines is 1. The first kappa shape index (κ1) is 18.6. The highest BCUT2D eigenvalue weighted by atomic mass is 16.5. The normalized spacial score (nSPS) is 11.6. The second kappa shape index (κ2) is 8.42. The number of carbonyl (C=O) groups is 1. The number of methoxy groups -OCH3 is 2. The third-order valence-corrected chi connectivity index (χ3v) is 3.80. The molecule has 0 heterocycles. The SMILES string of the molecule is CC[C@@H](Oc1cc(C)cc(C)c1)C(=O)Nc1cc(OC)ccc1OC. The maximum absolute atomic E-state index is 12.7. The summed E-state index contributed by atoms with van der Waals surface area (Å²) >= 11 is 0. The highest BCUT2D eigenvalue weighted by Gasteiger charge is 2.20. The lowest BCUT2D eigenvalue weighted by atomic mass is 10.1. The molecule has 0 spiro atoms. The minimum absolute atomic E-state index is 0.229. The van der Waals surface area contributed by atoms with E-state index in [2.05, 4.69) is 11.4 Å². The summed E-state index contributed by atoms with van der Waals surface area (Å²) in [5.74, 6) is 1.67. The Balaban J connectivity index is 2.17. The second-order valence-corrected chi connectivity index (χ2v) is 5.89. The van der Waals surface area contributed by atoms with Gasteiger partial charge in [-0.05, 0) is 55.7 Å². The minimum Gasteiger partial charge on any atom is -0.497 e. The van der Waals surface area contributed by atoms with Crippen LogP contribution in [0, 0.1) is 13.8 Å². The molecular formula is C20H25NO4. The Labute approximate surface area is 148 Å². The molecule has 1 amide bonds. The molecule has 1 N–H and O–H groups in total. The summed E-state index contributed by atoms with van der Waals surface area (Å²) in [6.45, 7) is 5.92. The zero-order valence-electron chi connectivity index (χ0n) is 15.4. The molecule has 0 fully saturated rings. The van der Waals surface area contributed by atoms with Gasteiger partial charge in [-0.2, -0.15) is 0 Å². The fourth-order valence-electron chi connectivity index (χ4n) is 2.61. The number of nitrogens with one attached hydrogen (secondary N) is 1. The summed E-state index contributed by atoms with van der Waals surface area (Å²) in [5.41, 5.74) is 2.74. The van der Waals surface area contributed by atoms with E-state index >= 15 is 0 Å². The van der Waals surface area contributed by atoms with Crippen molar-refractivity contribution in [2.24, 2.45) is 0 Å². The zero-order valence-corrected chi connectivity index (χ0v) is 15.4. The Kier molecular flexibility index (Phi) is 6.28. The van der Waals surface area contributed by atoms with Gasteiger partial charge in [0.05, 0.1) is 19.9 Å². The van der Waals surface area contributed by atoms with E-state index in [-0.39, 0.29) is 5.91 Å². The van der Waals surface area contributed by atoms with E-state index < -0.39 is 6.10 Å². The molecular weight excluding hydrogens is 318 g/mol. The Hall–Kier alpha value is -2.69. The van der Waals surface area contributed by atoms with E-state index in [4.69, 9.17) is 14.2 Å². The Morgan fingerprint density at radius 3 is 2.24 bits per heavy atom. The fraction of sp³-hybridized carbons (Fsp3) is 0.350. The molecule has 0 unspecified atom stereocenters. The topological polar surface area (TPSA) is 56.8 Å². The van der Waals surface area contributed by atoms with E-state index in [0.717, 1.165) is 11.1 Å². The quantitative estimate of drug-likeness (QED) is 0.822. The van der Waals surface area contributed by atoms with Crippen LogP contribution in [0.1, 0.15) is 24.5 Å². The average molecular weight is 343 g/mol. The fourth-order valence-corrected chi connectivity index (χ4v) is 2.61. The van der Waals surface area contributed by atoms with Gasteiger partial charge in [-0.15, -0.1) is 0 Å². The summed E-state index contributed by atoms with van der Waals surface area (Å²) in [7, 11) is 3.13. The number of amides is 1. The number of benzene rings is 2. The van der Waals surface area contributed by atoms with E-state index in [1.54, 1.807) is 32.4 Å². The summed E-state index contributed by atoms with van der Waals surface area (Å²) in [6, 6.07) is 11.2. The monoisotopic (exact) mass is 343 g/mol. The second-order valence-electron chi connectivity index (χ2n) is 5.89. The number of rotatable bonds is 7. The van der Waals surface area contributed by atoms with Crippen molar-refractivity contribution >= 4 is 11.6 Å². The third-order valence-electron chi connectivity index (χ3n) is 3.80. The molecule has 0 radical (unpaired) electrons. The molecule has 2 aromatic rings. The van der Waals surface area contributed by atoms with Gasteiger partial charge < -0.3 is 19.5 Å². The van der Waals surface area contributed by atoms with Gasteiger partial charge in [0.1, 0.15) is 17.2 Å². The molecule has 134 valence electrons. The Bertz CT molecular complexity index is 722. The molecule has 25 heavy (non-hydrogen) atoms. The lowest BCUT2D eigenvalue weighted by Crippen LogP contribution is -2.32. The standard InChI is InChI=1S/C20H25NO4/c1-6-18(25-16-10-13(2)9-14(3)11-16)20(22)21-17-12-15(23-4)7-8-19(17)24-5/h7-12,18H,6H2,1-5H3,(H,21,22)/t18-/m1/s1. The van der Waals surface area contributed by atoms with Crippen LogP contribution in [0.25, 0.3) is 0 Å². The van der Waals surface area contributed by atoms with Crippen molar-refractivity contribution in [1.29, 1.82) is 0 Å². The van der Waals surface area contributed by atoms with Gasteiger partial charge in [0.25, 0.3) is 5.91 Å². The van der Waals surface area contributed by atoms with Crippen LogP contribution in [0.2, 0.25) is 0 Å². The van der Waals surface area contributed by atoms with Crippen molar-refractivity contribution in [3.63, 3.8) is 0 Å². The smallest absolute Gasteiger partial charge is 0.265 e. The molecule has 2 rings (SSSR count). The maximum atomic E-state index is 12.7. The highest BCUT2D eigenvalue weighted by Crippen LogP contribution is 2.29. The molecule has 0 bridgehead atoms. The Morgan fingerprint density at radius 2 is 1.68 bits per heavy atom. The van der Waals surface area contributed by atoms with E-state index in [9.17, 15) is 4.79 Å². The van der Waals surface area contributed by atoms with Gasteiger partial charge in [-0.1, -0.05) is 13.0 Å². The van der Waals surface area contributed by atoms with Crippen LogP contribution in [0.3, 0.4) is 0 Å².